The first-order valence-corrected chi connectivity index (χ1v) is 8.23. The lowest BCUT2D eigenvalue weighted by Gasteiger charge is -2.38. The van der Waals surface area contributed by atoms with Crippen molar-refractivity contribution in [3.63, 3.8) is 0 Å². The lowest BCUT2D eigenvalue weighted by atomic mass is 10.1. The van der Waals surface area contributed by atoms with Crippen molar-refractivity contribution in [2.45, 2.75) is 25.8 Å². The zero-order valence-electron chi connectivity index (χ0n) is 13.7. The monoisotopic (exact) mass is 337 g/mol. The first-order chi connectivity index (χ1) is 11.5. The minimum atomic E-state index is -0.479. The van der Waals surface area contributed by atoms with Crippen LogP contribution in [0.2, 0.25) is 0 Å². The highest BCUT2D eigenvalue weighted by molar-refractivity contribution is 5.87. The fourth-order valence-corrected chi connectivity index (χ4v) is 3.51. The number of anilines is 1. The molecule has 0 N–H and O–H groups in total. The molecule has 0 spiro atoms. The van der Waals surface area contributed by atoms with Crippen molar-refractivity contribution >= 4 is 17.5 Å². The highest BCUT2D eigenvalue weighted by Crippen LogP contribution is 2.24. The number of carbonyl (C=O) groups is 2. The van der Waals surface area contributed by atoms with Gasteiger partial charge in [-0.15, -0.1) is 0 Å². The summed E-state index contributed by atoms with van der Waals surface area (Å²) < 4.78 is 27.2. The molecule has 0 aliphatic carbocycles. The SMILES string of the molecule is CC(=O)N1CCCC1C(=O)N1CCN(c2cc(F)ccc2F)CC1. The van der Waals surface area contributed by atoms with Crippen LogP contribution in [0.25, 0.3) is 0 Å². The lowest BCUT2D eigenvalue weighted by molar-refractivity contribution is -0.143. The number of amides is 2. The van der Waals surface area contributed by atoms with Gasteiger partial charge in [0.15, 0.2) is 0 Å². The molecule has 2 aliphatic rings. The van der Waals surface area contributed by atoms with E-state index in [4.69, 9.17) is 0 Å². The number of nitrogens with zero attached hydrogens (tertiary/aromatic N) is 3. The van der Waals surface area contributed by atoms with Gasteiger partial charge in [0.25, 0.3) is 0 Å². The van der Waals surface area contributed by atoms with Crippen LogP contribution >= 0.6 is 0 Å². The molecule has 130 valence electrons. The molecular formula is C17H21F2N3O2. The average molecular weight is 337 g/mol. The van der Waals surface area contributed by atoms with E-state index in [1.54, 1.807) is 14.7 Å². The highest BCUT2D eigenvalue weighted by Gasteiger charge is 2.36. The third-order valence-corrected chi connectivity index (χ3v) is 4.78. The van der Waals surface area contributed by atoms with E-state index in [0.717, 1.165) is 18.6 Å². The molecule has 2 saturated heterocycles. The zero-order valence-corrected chi connectivity index (χ0v) is 13.7. The molecule has 5 nitrogen and oxygen atoms in total. The van der Waals surface area contributed by atoms with Crippen LogP contribution in [0.1, 0.15) is 19.8 Å². The normalized spacial score (nSPS) is 21.3. The summed E-state index contributed by atoms with van der Waals surface area (Å²) in [5.41, 5.74) is 0.230. The summed E-state index contributed by atoms with van der Waals surface area (Å²) in [6.45, 7) is 3.88. The van der Waals surface area contributed by atoms with Crippen molar-refractivity contribution in [2.24, 2.45) is 0 Å². The summed E-state index contributed by atoms with van der Waals surface area (Å²) in [7, 11) is 0. The molecule has 2 aliphatic heterocycles. The first-order valence-electron chi connectivity index (χ1n) is 8.23. The molecular weight excluding hydrogens is 316 g/mol. The van der Waals surface area contributed by atoms with E-state index in [-0.39, 0.29) is 23.5 Å². The Balaban J connectivity index is 1.63. The van der Waals surface area contributed by atoms with Crippen LogP contribution in [0.3, 0.4) is 0 Å². The Morgan fingerprint density at radius 3 is 2.46 bits per heavy atom. The van der Waals surface area contributed by atoms with Crippen molar-refractivity contribution < 1.29 is 18.4 Å². The third-order valence-electron chi connectivity index (χ3n) is 4.78. The minimum Gasteiger partial charge on any atom is -0.366 e. The van der Waals surface area contributed by atoms with Gasteiger partial charge < -0.3 is 14.7 Å². The summed E-state index contributed by atoms with van der Waals surface area (Å²) >= 11 is 0. The molecule has 1 unspecified atom stereocenters. The quantitative estimate of drug-likeness (QED) is 0.824. The fraction of sp³-hybridized carbons (Fsp3) is 0.529. The maximum atomic E-state index is 13.9. The number of hydrogen-bond donors (Lipinski definition) is 0. The van der Waals surface area contributed by atoms with Crippen molar-refractivity contribution in [1.82, 2.24) is 9.80 Å². The first kappa shape index (κ1) is 16.7. The standard InChI is InChI=1S/C17H21F2N3O2/c1-12(23)22-6-2-3-15(22)17(24)21-9-7-20(8-10-21)16-11-13(18)4-5-14(16)19/h4-5,11,15H,2-3,6-10H2,1H3. The van der Waals surface area contributed by atoms with Gasteiger partial charge in [-0.25, -0.2) is 8.78 Å². The smallest absolute Gasteiger partial charge is 0.245 e. The molecule has 0 aromatic heterocycles. The number of carbonyl (C=O) groups excluding carboxylic acids is 2. The molecule has 0 bridgehead atoms. The molecule has 0 saturated carbocycles. The maximum Gasteiger partial charge on any atom is 0.245 e. The van der Waals surface area contributed by atoms with Gasteiger partial charge in [0.2, 0.25) is 11.8 Å². The maximum absolute atomic E-state index is 13.9. The van der Waals surface area contributed by atoms with Crippen molar-refractivity contribution in [2.75, 3.05) is 37.6 Å². The van der Waals surface area contributed by atoms with Crippen LogP contribution in [0.4, 0.5) is 14.5 Å². The van der Waals surface area contributed by atoms with E-state index in [0.29, 0.717) is 39.1 Å². The summed E-state index contributed by atoms with van der Waals surface area (Å²) in [5, 5.41) is 0. The van der Waals surface area contributed by atoms with E-state index in [9.17, 15) is 18.4 Å². The average Bonchev–Trinajstić information content (AvgIpc) is 3.06. The van der Waals surface area contributed by atoms with Gasteiger partial charge in [0.05, 0.1) is 5.69 Å². The summed E-state index contributed by atoms with van der Waals surface area (Å²) in [6, 6.07) is 3.02. The third kappa shape index (κ3) is 3.20. The summed E-state index contributed by atoms with van der Waals surface area (Å²) in [5.74, 6) is -1.06. The second-order valence-electron chi connectivity index (χ2n) is 6.28. The molecule has 2 heterocycles. The Morgan fingerprint density at radius 2 is 1.79 bits per heavy atom. The Hall–Kier alpha value is -2.18. The van der Waals surface area contributed by atoms with Gasteiger partial charge in [-0.05, 0) is 25.0 Å². The highest BCUT2D eigenvalue weighted by atomic mass is 19.1. The van der Waals surface area contributed by atoms with E-state index >= 15 is 0 Å². The van der Waals surface area contributed by atoms with Crippen LogP contribution in [0, 0.1) is 11.6 Å². The molecule has 3 rings (SSSR count). The predicted molar refractivity (Wildman–Crippen MR) is 85.6 cm³/mol. The number of rotatable bonds is 2. The van der Waals surface area contributed by atoms with Gasteiger partial charge in [0, 0.05) is 45.7 Å². The van der Waals surface area contributed by atoms with Crippen molar-refractivity contribution in [3.8, 4) is 0 Å². The van der Waals surface area contributed by atoms with E-state index in [2.05, 4.69) is 0 Å². The van der Waals surface area contributed by atoms with E-state index in [1.165, 1.54) is 13.0 Å². The zero-order chi connectivity index (χ0) is 17.3. The summed E-state index contributed by atoms with van der Waals surface area (Å²) in [6.07, 6.45) is 1.53. The Bertz CT molecular complexity index is 645. The molecule has 2 fully saturated rings. The number of halogens is 2. The van der Waals surface area contributed by atoms with Gasteiger partial charge in [-0.2, -0.15) is 0 Å². The molecule has 24 heavy (non-hydrogen) atoms. The Morgan fingerprint density at radius 1 is 1.08 bits per heavy atom. The Labute approximate surface area is 139 Å². The van der Waals surface area contributed by atoms with Crippen LogP contribution < -0.4 is 4.90 Å². The number of benzene rings is 1. The number of piperazine rings is 1. The molecule has 2 amide bonds. The minimum absolute atomic E-state index is 0.0398. The van der Waals surface area contributed by atoms with Crippen LogP contribution in [-0.4, -0.2) is 60.4 Å². The number of likely N-dealkylation sites (tertiary alicyclic amines) is 1. The largest absolute Gasteiger partial charge is 0.366 e. The Kier molecular flexibility index (Phi) is 4.69. The van der Waals surface area contributed by atoms with Crippen molar-refractivity contribution in [3.05, 3.63) is 29.8 Å². The second-order valence-corrected chi connectivity index (χ2v) is 6.28. The van der Waals surface area contributed by atoms with Gasteiger partial charge in [-0.3, -0.25) is 9.59 Å². The topological polar surface area (TPSA) is 43.9 Å². The van der Waals surface area contributed by atoms with Crippen molar-refractivity contribution in [1.29, 1.82) is 0 Å². The van der Waals surface area contributed by atoms with Crippen LogP contribution in [0.15, 0.2) is 18.2 Å². The lowest BCUT2D eigenvalue weighted by Crippen LogP contribution is -2.54. The second kappa shape index (κ2) is 6.75. The van der Waals surface area contributed by atoms with Crippen LogP contribution in [-0.2, 0) is 9.59 Å². The van der Waals surface area contributed by atoms with Gasteiger partial charge >= 0.3 is 0 Å². The van der Waals surface area contributed by atoms with E-state index in [1.807, 2.05) is 0 Å². The molecule has 1 aromatic rings. The van der Waals surface area contributed by atoms with Gasteiger partial charge in [-0.1, -0.05) is 0 Å². The molecule has 1 aromatic carbocycles. The summed E-state index contributed by atoms with van der Waals surface area (Å²) in [4.78, 5) is 29.4. The van der Waals surface area contributed by atoms with Crippen LogP contribution in [0.5, 0.6) is 0 Å². The molecule has 0 radical (unpaired) electrons. The predicted octanol–water partition coefficient (Wildman–Crippen LogP) is 1.62. The molecule has 1 atom stereocenters. The molecule has 7 heteroatoms. The van der Waals surface area contributed by atoms with Gasteiger partial charge in [0.1, 0.15) is 17.7 Å². The number of hydrogen-bond acceptors (Lipinski definition) is 3. The van der Waals surface area contributed by atoms with E-state index < -0.39 is 11.6 Å². The fourth-order valence-electron chi connectivity index (χ4n) is 3.51.